The smallest absolute Gasteiger partial charge is 0.243 e. The van der Waals surface area contributed by atoms with Gasteiger partial charge in [-0.15, -0.1) is 0 Å². The monoisotopic (exact) mass is 502 g/mol. The molecule has 2 heterocycles. The van der Waals surface area contributed by atoms with Crippen LogP contribution in [-0.4, -0.2) is 41.3 Å². The van der Waals surface area contributed by atoms with Gasteiger partial charge in [-0.1, -0.05) is 72.7 Å². The van der Waals surface area contributed by atoms with E-state index < -0.39 is 6.04 Å². The van der Waals surface area contributed by atoms with Crippen molar-refractivity contribution in [1.29, 1.82) is 0 Å². The minimum absolute atomic E-state index is 0.0376. The van der Waals surface area contributed by atoms with Crippen molar-refractivity contribution in [2.24, 2.45) is 11.1 Å². The van der Waals surface area contributed by atoms with Crippen molar-refractivity contribution in [1.82, 2.24) is 15.2 Å². The van der Waals surface area contributed by atoms with Crippen molar-refractivity contribution in [2.75, 3.05) is 13.6 Å². The lowest BCUT2D eigenvalue weighted by Crippen LogP contribution is -2.47. The van der Waals surface area contributed by atoms with Crippen LogP contribution in [0.5, 0.6) is 0 Å². The molecule has 202 valence electrons. The van der Waals surface area contributed by atoms with Crippen LogP contribution in [0, 0.1) is 11.2 Å². The number of nitrogens with zero attached hydrogens (tertiary/aromatic N) is 2. The van der Waals surface area contributed by atoms with Crippen molar-refractivity contribution >= 4 is 11.8 Å². The summed E-state index contributed by atoms with van der Waals surface area (Å²) in [6.45, 7) is 16.6. The van der Waals surface area contributed by atoms with Crippen molar-refractivity contribution in [3.8, 4) is 11.1 Å². The molecule has 3 rings (SSSR count). The second-order valence-electron chi connectivity index (χ2n) is 9.19. The van der Waals surface area contributed by atoms with Crippen LogP contribution in [0.2, 0.25) is 0 Å². The van der Waals surface area contributed by atoms with E-state index in [9.17, 15) is 14.0 Å². The van der Waals surface area contributed by atoms with Gasteiger partial charge in [0.25, 0.3) is 0 Å². The molecule has 36 heavy (non-hydrogen) atoms. The second kappa shape index (κ2) is 16.8. The molecule has 7 heteroatoms. The fourth-order valence-corrected chi connectivity index (χ4v) is 3.83. The number of rotatable bonds is 5. The van der Waals surface area contributed by atoms with Gasteiger partial charge < -0.3 is 16.0 Å². The molecule has 1 fully saturated rings. The Hall–Kier alpha value is -2.80. The Morgan fingerprint density at radius 1 is 1.11 bits per heavy atom. The minimum Gasteiger partial charge on any atom is -0.348 e. The van der Waals surface area contributed by atoms with Gasteiger partial charge in [-0.3, -0.25) is 14.6 Å². The van der Waals surface area contributed by atoms with Gasteiger partial charge in [-0.25, -0.2) is 4.39 Å². The number of halogens is 1. The third kappa shape index (κ3) is 10.1. The average molecular weight is 503 g/mol. The highest BCUT2D eigenvalue weighted by Crippen LogP contribution is 2.26. The molecule has 1 aromatic carbocycles. The predicted molar refractivity (Wildman–Crippen MR) is 148 cm³/mol. The number of nitrogens with two attached hydrogens (primary N) is 1. The van der Waals surface area contributed by atoms with E-state index in [0.717, 1.165) is 17.5 Å². The lowest BCUT2D eigenvalue weighted by atomic mass is 9.91. The van der Waals surface area contributed by atoms with E-state index in [1.807, 2.05) is 79.7 Å². The van der Waals surface area contributed by atoms with Crippen molar-refractivity contribution < 1.29 is 14.0 Å². The van der Waals surface area contributed by atoms with E-state index in [1.165, 1.54) is 25.5 Å². The van der Waals surface area contributed by atoms with E-state index in [-0.39, 0.29) is 29.1 Å². The van der Waals surface area contributed by atoms with Crippen LogP contribution in [0.3, 0.4) is 0 Å². The van der Waals surface area contributed by atoms with E-state index >= 15 is 0 Å². The Morgan fingerprint density at radius 3 is 2.22 bits per heavy atom. The molecule has 1 saturated heterocycles. The molecular formula is C29H47FN4O2. The summed E-state index contributed by atoms with van der Waals surface area (Å²) in [5, 5.41) is 3.04. The van der Waals surface area contributed by atoms with Crippen molar-refractivity contribution in [2.45, 2.75) is 86.7 Å². The number of amides is 2. The first-order valence-electron chi connectivity index (χ1n) is 13.0. The molecule has 0 saturated carbocycles. The topological polar surface area (TPSA) is 88.3 Å². The number of benzene rings is 1. The quantitative estimate of drug-likeness (QED) is 0.516. The van der Waals surface area contributed by atoms with Crippen LogP contribution in [0.4, 0.5) is 4.39 Å². The number of carbonyl (C=O) groups excluding carboxylic acids is 2. The number of hydrogen-bond donors (Lipinski definition) is 2. The molecule has 2 atom stereocenters. The summed E-state index contributed by atoms with van der Waals surface area (Å²) in [7, 11) is 1.50. The van der Waals surface area contributed by atoms with Gasteiger partial charge >= 0.3 is 0 Å². The Labute approximate surface area is 217 Å². The minimum atomic E-state index is -0.411. The molecule has 2 unspecified atom stereocenters. The van der Waals surface area contributed by atoms with Gasteiger partial charge in [0.2, 0.25) is 11.8 Å². The summed E-state index contributed by atoms with van der Waals surface area (Å²) >= 11 is 0. The van der Waals surface area contributed by atoms with Crippen LogP contribution in [-0.2, 0) is 9.59 Å². The number of aromatic nitrogens is 1. The lowest BCUT2D eigenvalue weighted by Gasteiger charge is -2.28. The summed E-state index contributed by atoms with van der Waals surface area (Å²) in [4.78, 5) is 31.2. The molecule has 0 radical (unpaired) electrons. The van der Waals surface area contributed by atoms with Crippen LogP contribution < -0.4 is 11.1 Å². The van der Waals surface area contributed by atoms with Gasteiger partial charge in [-0.2, -0.15) is 0 Å². The van der Waals surface area contributed by atoms with Gasteiger partial charge in [0.05, 0.1) is 6.04 Å². The molecule has 2 amide bonds. The zero-order chi connectivity index (χ0) is 27.9. The summed E-state index contributed by atoms with van der Waals surface area (Å²) < 4.78 is 14.0. The summed E-state index contributed by atoms with van der Waals surface area (Å²) in [6, 6.07) is 8.12. The number of nitrogens with one attached hydrogen (secondary N) is 1. The maximum absolute atomic E-state index is 14.0. The number of likely N-dealkylation sites (tertiary alicyclic amines) is 1. The number of carbonyl (C=O) groups is 2. The SMILES string of the molecule is CC.CC.CC(NC(=O)C1CCCN1C(=O)CC(C)(C)C)c1ccc(-c2cnccc2F)cc1.CN. The second-order valence-corrected chi connectivity index (χ2v) is 9.19. The number of hydrogen-bond acceptors (Lipinski definition) is 4. The van der Waals surface area contributed by atoms with E-state index in [0.29, 0.717) is 24.9 Å². The molecule has 1 aliphatic rings. The standard InChI is InChI=1S/C24H30FN3O2.2C2H6.CH5N/c1-16(17-7-9-18(10-8-17)19-15-26-12-11-20(19)25)27-23(30)21-6-5-13-28(21)22(29)14-24(2,3)4;3*1-2/h7-12,15-16,21H,5-6,13-14H2,1-4H3,(H,27,30);2*1-2H3;2H2,1H3. The average Bonchev–Trinajstić information content (AvgIpc) is 3.38. The molecule has 0 spiro atoms. The highest BCUT2D eigenvalue weighted by molar-refractivity contribution is 5.88. The molecule has 6 nitrogen and oxygen atoms in total. The molecule has 0 aliphatic carbocycles. The molecule has 3 N–H and O–H groups in total. The van der Waals surface area contributed by atoms with Gasteiger partial charge in [0.15, 0.2) is 0 Å². The van der Waals surface area contributed by atoms with Gasteiger partial charge in [-0.05, 0) is 49.4 Å². The Kier molecular flexibility index (Phi) is 15.5. The first-order valence-corrected chi connectivity index (χ1v) is 13.0. The zero-order valence-electron chi connectivity index (χ0n) is 23.7. The van der Waals surface area contributed by atoms with Crippen LogP contribution in [0.15, 0.2) is 42.7 Å². The van der Waals surface area contributed by atoms with Crippen LogP contribution in [0.1, 0.15) is 86.3 Å². The molecule has 1 aliphatic heterocycles. The maximum Gasteiger partial charge on any atom is 0.243 e. The highest BCUT2D eigenvalue weighted by Gasteiger charge is 2.35. The molecule has 0 bridgehead atoms. The van der Waals surface area contributed by atoms with E-state index in [2.05, 4.69) is 16.0 Å². The van der Waals surface area contributed by atoms with E-state index in [4.69, 9.17) is 0 Å². The first-order chi connectivity index (χ1) is 17.2. The normalized spacial score (nSPS) is 15.2. The first kappa shape index (κ1) is 33.2. The Bertz CT molecular complexity index is 910. The maximum atomic E-state index is 14.0. The van der Waals surface area contributed by atoms with Crippen molar-refractivity contribution in [3.05, 3.63) is 54.1 Å². The van der Waals surface area contributed by atoms with Gasteiger partial charge in [0, 0.05) is 30.9 Å². The van der Waals surface area contributed by atoms with Crippen LogP contribution in [0.25, 0.3) is 11.1 Å². The number of pyridine rings is 1. The third-order valence-electron chi connectivity index (χ3n) is 5.41. The fourth-order valence-electron chi connectivity index (χ4n) is 3.83. The third-order valence-corrected chi connectivity index (χ3v) is 5.41. The summed E-state index contributed by atoms with van der Waals surface area (Å²) in [5.74, 6) is -0.402. The van der Waals surface area contributed by atoms with E-state index in [1.54, 1.807) is 4.90 Å². The summed E-state index contributed by atoms with van der Waals surface area (Å²) in [5.41, 5.74) is 6.49. The highest BCUT2D eigenvalue weighted by atomic mass is 19.1. The molecule has 2 aromatic rings. The largest absolute Gasteiger partial charge is 0.348 e. The Balaban J connectivity index is 0.00000190. The lowest BCUT2D eigenvalue weighted by molar-refractivity contribution is -0.140. The summed E-state index contributed by atoms with van der Waals surface area (Å²) in [6.07, 6.45) is 4.88. The molecule has 1 aromatic heterocycles. The fraction of sp³-hybridized carbons (Fsp3) is 0.552. The van der Waals surface area contributed by atoms with Crippen molar-refractivity contribution in [3.63, 3.8) is 0 Å². The molecular weight excluding hydrogens is 455 g/mol. The zero-order valence-corrected chi connectivity index (χ0v) is 23.7. The van der Waals surface area contributed by atoms with Gasteiger partial charge in [0.1, 0.15) is 11.9 Å². The Morgan fingerprint density at radius 2 is 1.69 bits per heavy atom. The van der Waals surface area contributed by atoms with Crippen LogP contribution >= 0.6 is 0 Å². The predicted octanol–water partition coefficient (Wildman–Crippen LogP) is 6.12.